The van der Waals surface area contributed by atoms with Gasteiger partial charge in [0.15, 0.2) is 0 Å². The number of hydrogen-bond donors (Lipinski definition) is 0. The first-order valence-corrected chi connectivity index (χ1v) is 11.1. The molecule has 0 fully saturated rings. The van der Waals surface area contributed by atoms with Gasteiger partial charge in [0.25, 0.3) is 0 Å². The van der Waals surface area contributed by atoms with Crippen LogP contribution in [0.25, 0.3) is 11.3 Å². The second-order valence-corrected chi connectivity index (χ2v) is 8.55. The number of hydrazone groups is 1. The van der Waals surface area contributed by atoms with Crippen LogP contribution in [0.5, 0.6) is 5.75 Å². The summed E-state index contributed by atoms with van der Waals surface area (Å²) in [6.07, 6.45) is 0.854. The van der Waals surface area contributed by atoms with E-state index in [0.717, 1.165) is 39.8 Å². The third-order valence-corrected chi connectivity index (χ3v) is 6.77. The van der Waals surface area contributed by atoms with E-state index >= 15 is 0 Å². The minimum Gasteiger partial charge on any atom is -0.497 e. The third kappa shape index (κ3) is 3.57. The van der Waals surface area contributed by atoms with E-state index in [9.17, 15) is 0 Å². The summed E-state index contributed by atoms with van der Waals surface area (Å²) in [5.74, 6) is 0.853. The largest absolute Gasteiger partial charge is 0.497 e. The van der Waals surface area contributed by atoms with Crippen molar-refractivity contribution in [2.45, 2.75) is 12.5 Å². The summed E-state index contributed by atoms with van der Waals surface area (Å²) in [4.78, 5) is 6.20. The molecular formula is C23H19N3OS2. The second-order valence-electron chi connectivity index (χ2n) is 6.74. The zero-order valence-electron chi connectivity index (χ0n) is 15.9. The molecule has 0 amide bonds. The molecule has 2 aromatic carbocycles. The van der Waals surface area contributed by atoms with Gasteiger partial charge in [-0.05, 0) is 41.3 Å². The summed E-state index contributed by atoms with van der Waals surface area (Å²) < 4.78 is 5.29. The summed E-state index contributed by atoms with van der Waals surface area (Å²) in [7, 11) is 1.68. The molecule has 144 valence electrons. The Morgan fingerprint density at radius 3 is 2.48 bits per heavy atom. The number of benzene rings is 2. The monoisotopic (exact) mass is 417 g/mol. The highest BCUT2D eigenvalue weighted by atomic mass is 32.1. The fraction of sp³-hybridized carbons (Fsp3) is 0.130. The summed E-state index contributed by atoms with van der Waals surface area (Å²) >= 11 is 3.41. The van der Waals surface area contributed by atoms with E-state index in [4.69, 9.17) is 14.8 Å². The van der Waals surface area contributed by atoms with Gasteiger partial charge in [0.05, 0.1) is 24.6 Å². The van der Waals surface area contributed by atoms with E-state index in [2.05, 4.69) is 52.2 Å². The maximum absolute atomic E-state index is 5.29. The van der Waals surface area contributed by atoms with Gasteiger partial charge >= 0.3 is 0 Å². The fourth-order valence-electron chi connectivity index (χ4n) is 3.46. The predicted octanol–water partition coefficient (Wildman–Crippen LogP) is 6.24. The van der Waals surface area contributed by atoms with Gasteiger partial charge in [-0.1, -0.05) is 36.4 Å². The minimum absolute atomic E-state index is 0.168. The van der Waals surface area contributed by atoms with Gasteiger partial charge in [-0.15, -0.1) is 22.7 Å². The molecule has 0 N–H and O–H groups in total. The number of methoxy groups -OCH3 is 1. The Kier molecular flexibility index (Phi) is 4.87. The first-order valence-electron chi connectivity index (χ1n) is 9.37. The van der Waals surface area contributed by atoms with Crippen LogP contribution in [-0.2, 0) is 0 Å². The van der Waals surface area contributed by atoms with Crippen LogP contribution >= 0.6 is 22.7 Å². The molecule has 4 nitrogen and oxygen atoms in total. The van der Waals surface area contributed by atoms with Crippen molar-refractivity contribution in [1.82, 2.24) is 4.98 Å². The van der Waals surface area contributed by atoms with Crippen LogP contribution in [0.2, 0.25) is 0 Å². The quantitative estimate of drug-likeness (QED) is 0.386. The van der Waals surface area contributed by atoms with Crippen LogP contribution in [0.1, 0.15) is 22.9 Å². The fourth-order valence-corrected chi connectivity index (χ4v) is 5.10. The summed E-state index contributed by atoms with van der Waals surface area (Å²) in [5.41, 5.74) is 4.31. The van der Waals surface area contributed by atoms with Crippen LogP contribution in [0.15, 0.2) is 82.6 Å². The number of hydrogen-bond acceptors (Lipinski definition) is 6. The highest BCUT2D eigenvalue weighted by Gasteiger charge is 2.32. The number of ether oxygens (including phenoxy) is 1. The van der Waals surface area contributed by atoms with Crippen molar-refractivity contribution >= 4 is 33.5 Å². The van der Waals surface area contributed by atoms with Crippen molar-refractivity contribution in [2.75, 3.05) is 12.1 Å². The maximum Gasteiger partial charge on any atom is 0.207 e. The molecule has 0 saturated carbocycles. The first-order chi connectivity index (χ1) is 14.3. The number of nitrogens with zero attached hydrogens (tertiary/aromatic N) is 3. The van der Waals surface area contributed by atoms with Crippen molar-refractivity contribution in [3.63, 3.8) is 0 Å². The molecule has 0 saturated heterocycles. The zero-order chi connectivity index (χ0) is 19.6. The Morgan fingerprint density at radius 2 is 1.76 bits per heavy atom. The molecule has 2 aromatic heterocycles. The van der Waals surface area contributed by atoms with Crippen molar-refractivity contribution < 1.29 is 4.74 Å². The van der Waals surface area contributed by atoms with Gasteiger partial charge < -0.3 is 4.74 Å². The molecule has 0 bridgehead atoms. The molecule has 1 aliphatic rings. The lowest BCUT2D eigenvalue weighted by molar-refractivity contribution is 0.415. The lowest BCUT2D eigenvalue weighted by atomic mass is 10.0. The van der Waals surface area contributed by atoms with Crippen LogP contribution in [0.4, 0.5) is 5.13 Å². The molecule has 0 radical (unpaired) electrons. The van der Waals surface area contributed by atoms with Gasteiger partial charge in [0.2, 0.25) is 5.13 Å². The topological polar surface area (TPSA) is 37.7 Å². The van der Waals surface area contributed by atoms with Crippen LogP contribution < -0.4 is 9.75 Å². The maximum atomic E-state index is 5.29. The standard InChI is InChI=1S/C23H19N3OS2/c1-27-18-11-9-17(10-12-18)19-14-21(22-8-5-13-28-22)26(25-19)23-24-20(15-29-23)16-6-3-2-4-7-16/h2-13,15,21H,14H2,1H3. The number of thiophene rings is 1. The van der Waals surface area contributed by atoms with E-state index in [1.807, 2.05) is 30.3 Å². The molecule has 6 heteroatoms. The highest BCUT2D eigenvalue weighted by Crippen LogP contribution is 2.40. The van der Waals surface area contributed by atoms with Gasteiger partial charge in [-0.25, -0.2) is 9.99 Å². The summed E-state index contributed by atoms with van der Waals surface area (Å²) in [5, 5.41) is 12.2. The Hall–Kier alpha value is -2.96. The minimum atomic E-state index is 0.168. The molecule has 29 heavy (non-hydrogen) atoms. The first kappa shape index (κ1) is 18.1. The Morgan fingerprint density at radius 1 is 0.931 bits per heavy atom. The number of aromatic nitrogens is 1. The molecule has 0 spiro atoms. The molecular weight excluding hydrogens is 398 g/mol. The molecule has 3 heterocycles. The lowest BCUT2D eigenvalue weighted by Crippen LogP contribution is -2.17. The van der Waals surface area contributed by atoms with E-state index in [1.54, 1.807) is 29.8 Å². The van der Waals surface area contributed by atoms with Gasteiger partial charge in [0.1, 0.15) is 5.75 Å². The average molecular weight is 418 g/mol. The molecule has 4 aromatic rings. The average Bonchev–Trinajstić information content (AvgIpc) is 3.54. The molecule has 1 atom stereocenters. The molecule has 1 unspecified atom stereocenters. The zero-order valence-corrected chi connectivity index (χ0v) is 17.5. The molecule has 5 rings (SSSR count). The highest BCUT2D eigenvalue weighted by molar-refractivity contribution is 7.14. The smallest absolute Gasteiger partial charge is 0.207 e. The molecule has 1 aliphatic heterocycles. The van der Waals surface area contributed by atoms with Crippen LogP contribution in [-0.4, -0.2) is 17.8 Å². The Labute approximate surface area is 177 Å². The van der Waals surface area contributed by atoms with Gasteiger partial charge in [-0.3, -0.25) is 0 Å². The summed E-state index contributed by atoms with van der Waals surface area (Å²) in [6.45, 7) is 0. The van der Waals surface area contributed by atoms with Crippen molar-refractivity contribution in [1.29, 1.82) is 0 Å². The SMILES string of the molecule is COc1ccc(C2=NN(c3nc(-c4ccccc4)cs3)C(c3cccs3)C2)cc1. The van der Waals surface area contributed by atoms with E-state index < -0.39 is 0 Å². The predicted molar refractivity (Wildman–Crippen MR) is 121 cm³/mol. The Balaban J connectivity index is 1.51. The lowest BCUT2D eigenvalue weighted by Gasteiger charge is -2.19. The summed E-state index contributed by atoms with van der Waals surface area (Å²) in [6, 6.07) is 22.8. The van der Waals surface area contributed by atoms with Crippen LogP contribution in [0.3, 0.4) is 0 Å². The third-order valence-electron chi connectivity index (χ3n) is 4.96. The van der Waals surface area contributed by atoms with Crippen molar-refractivity contribution in [3.05, 3.63) is 87.9 Å². The van der Waals surface area contributed by atoms with Crippen molar-refractivity contribution in [3.8, 4) is 17.0 Å². The van der Waals surface area contributed by atoms with E-state index in [0.29, 0.717) is 0 Å². The Bertz CT molecular complexity index is 1120. The number of anilines is 1. The molecule has 0 aliphatic carbocycles. The number of thiazole rings is 1. The van der Waals surface area contributed by atoms with Gasteiger partial charge in [-0.2, -0.15) is 5.10 Å². The van der Waals surface area contributed by atoms with E-state index in [1.165, 1.54) is 4.88 Å². The normalized spacial score (nSPS) is 16.1. The number of rotatable bonds is 5. The van der Waals surface area contributed by atoms with Gasteiger partial charge in [0, 0.05) is 22.2 Å². The van der Waals surface area contributed by atoms with Crippen molar-refractivity contribution in [2.24, 2.45) is 5.10 Å². The van der Waals surface area contributed by atoms with E-state index in [-0.39, 0.29) is 6.04 Å². The van der Waals surface area contributed by atoms with Crippen LogP contribution in [0, 0.1) is 0 Å². The second kappa shape index (κ2) is 7.81.